The first-order valence-electron chi connectivity index (χ1n) is 8.03. The Morgan fingerprint density at radius 2 is 1.67 bits per heavy atom. The molecule has 132 valence electrons. The van der Waals surface area contributed by atoms with Gasteiger partial charge >= 0.3 is 5.97 Å². The third-order valence-electron chi connectivity index (χ3n) is 3.86. The molecule has 1 aromatic carbocycles. The van der Waals surface area contributed by atoms with Crippen molar-refractivity contribution in [3.05, 3.63) is 35.4 Å². The van der Waals surface area contributed by atoms with Crippen LogP contribution in [0.3, 0.4) is 0 Å². The molecule has 2 amide bonds. The van der Waals surface area contributed by atoms with Crippen LogP contribution in [0.2, 0.25) is 0 Å². The van der Waals surface area contributed by atoms with E-state index in [-0.39, 0.29) is 24.9 Å². The molecule has 3 N–H and O–H groups in total. The highest BCUT2D eigenvalue weighted by atomic mass is 16.4. The van der Waals surface area contributed by atoms with Crippen LogP contribution < -0.4 is 10.6 Å². The molecule has 0 radical (unpaired) electrons. The molecule has 0 aliphatic carbocycles. The van der Waals surface area contributed by atoms with Gasteiger partial charge in [-0.1, -0.05) is 29.8 Å². The number of aliphatic carboxylic acids is 1. The van der Waals surface area contributed by atoms with E-state index in [0.29, 0.717) is 19.3 Å². The van der Waals surface area contributed by atoms with Crippen LogP contribution in [-0.4, -0.2) is 36.0 Å². The van der Waals surface area contributed by atoms with E-state index in [4.69, 9.17) is 5.11 Å². The van der Waals surface area contributed by atoms with Crippen LogP contribution in [0.5, 0.6) is 0 Å². The molecule has 0 unspecified atom stereocenters. The third-order valence-corrected chi connectivity index (χ3v) is 3.86. The Bertz CT molecular complexity index is 579. The number of amides is 2. The number of carboxylic acids is 1. The maximum absolute atomic E-state index is 11.7. The normalized spacial score (nSPS) is 11.0. The summed E-state index contributed by atoms with van der Waals surface area (Å²) in [5.74, 6) is -1.40. The molecule has 6 heteroatoms. The lowest BCUT2D eigenvalue weighted by molar-refractivity contribution is -0.147. The van der Waals surface area contributed by atoms with Crippen molar-refractivity contribution < 1.29 is 19.5 Å². The second-order valence-electron chi connectivity index (χ2n) is 6.55. The number of hydrogen-bond acceptors (Lipinski definition) is 3. The second kappa shape index (κ2) is 9.05. The number of carbonyl (C=O) groups is 3. The predicted octanol–water partition coefficient (Wildman–Crippen LogP) is 1.66. The fourth-order valence-corrected chi connectivity index (χ4v) is 1.96. The molecule has 0 saturated carbocycles. The van der Waals surface area contributed by atoms with E-state index in [2.05, 4.69) is 10.6 Å². The van der Waals surface area contributed by atoms with E-state index in [1.54, 1.807) is 13.8 Å². The van der Waals surface area contributed by atoms with Gasteiger partial charge in [0.1, 0.15) is 0 Å². The molecular weight excluding hydrogens is 308 g/mol. The molecule has 1 aromatic rings. The molecule has 0 aliphatic rings. The zero-order chi connectivity index (χ0) is 18.2. The fourth-order valence-electron chi connectivity index (χ4n) is 1.96. The van der Waals surface area contributed by atoms with Gasteiger partial charge < -0.3 is 15.7 Å². The summed E-state index contributed by atoms with van der Waals surface area (Å²) in [7, 11) is 0. The Balaban J connectivity index is 2.20. The molecule has 0 atom stereocenters. The molecule has 0 bridgehead atoms. The summed E-state index contributed by atoms with van der Waals surface area (Å²) < 4.78 is 0. The zero-order valence-corrected chi connectivity index (χ0v) is 14.5. The van der Waals surface area contributed by atoms with E-state index in [9.17, 15) is 14.4 Å². The average molecular weight is 334 g/mol. The molecule has 0 aromatic heterocycles. The number of rotatable bonds is 9. The lowest BCUT2D eigenvalue weighted by Gasteiger charge is -2.18. The topological polar surface area (TPSA) is 95.5 Å². The van der Waals surface area contributed by atoms with Crippen LogP contribution in [0.15, 0.2) is 24.3 Å². The van der Waals surface area contributed by atoms with Crippen molar-refractivity contribution in [2.24, 2.45) is 5.41 Å². The minimum atomic E-state index is -0.902. The number of benzene rings is 1. The Labute approximate surface area is 142 Å². The average Bonchev–Trinajstić information content (AvgIpc) is 2.52. The van der Waals surface area contributed by atoms with Gasteiger partial charge in [-0.05, 0) is 39.2 Å². The standard InChI is InChI=1S/C18H26N2O4/c1-13-4-6-14(7-5-13)8-9-15(21)20-12-16(22)19-11-10-18(2,3)17(23)24/h4-7H,8-12H2,1-3H3,(H,19,22)(H,20,21)(H,23,24). The summed E-state index contributed by atoms with van der Waals surface area (Å²) in [6.45, 7) is 5.38. The number of carbonyl (C=O) groups excluding carboxylic acids is 2. The van der Waals surface area contributed by atoms with Crippen LogP contribution in [0.25, 0.3) is 0 Å². The first-order valence-corrected chi connectivity index (χ1v) is 8.03. The Hall–Kier alpha value is -2.37. The molecule has 0 aliphatic heterocycles. The predicted molar refractivity (Wildman–Crippen MR) is 91.6 cm³/mol. The third kappa shape index (κ3) is 7.26. The molecule has 6 nitrogen and oxygen atoms in total. The van der Waals surface area contributed by atoms with E-state index in [1.807, 2.05) is 31.2 Å². The van der Waals surface area contributed by atoms with E-state index in [0.717, 1.165) is 5.56 Å². The molecular formula is C18H26N2O4. The zero-order valence-electron chi connectivity index (χ0n) is 14.5. The van der Waals surface area contributed by atoms with E-state index in [1.165, 1.54) is 5.56 Å². The van der Waals surface area contributed by atoms with Gasteiger partial charge in [0.15, 0.2) is 0 Å². The van der Waals surface area contributed by atoms with Gasteiger partial charge in [-0.2, -0.15) is 0 Å². The monoisotopic (exact) mass is 334 g/mol. The molecule has 0 fully saturated rings. The highest BCUT2D eigenvalue weighted by Gasteiger charge is 2.26. The van der Waals surface area contributed by atoms with Crippen LogP contribution in [0.1, 0.15) is 37.8 Å². The van der Waals surface area contributed by atoms with Crippen molar-refractivity contribution in [1.29, 1.82) is 0 Å². The first kappa shape index (κ1) is 19.7. The highest BCUT2D eigenvalue weighted by molar-refractivity contribution is 5.84. The number of nitrogens with one attached hydrogen (secondary N) is 2. The summed E-state index contributed by atoms with van der Waals surface area (Å²) in [6, 6.07) is 7.97. The number of hydrogen-bond donors (Lipinski definition) is 3. The van der Waals surface area contributed by atoms with Gasteiger partial charge in [0.2, 0.25) is 11.8 Å². The van der Waals surface area contributed by atoms with Crippen LogP contribution in [0, 0.1) is 12.3 Å². The summed E-state index contributed by atoms with van der Waals surface area (Å²) in [4.78, 5) is 34.3. The minimum absolute atomic E-state index is 0.0970. The fraction of sp³-hybridized carbons (Fsp3) is 0.500. The maximum atomic E-state index is 11.7. The number of aryl methyl sites for hydroxylation is 2. The largest absolute Gasteiger partial charge is 0.481 e. The van der Waals surface area contributed by atoms with E-state index >= 15 is 0 Å². The lowest BCUT2D eigenvalue weighted by Crippen LogP contribution is -2.39. The molecule has 0 saturated heterocycles. The minimum Gasteiger partial charge on any atom is -0.481 e. The molecule has 1 rings (SSSR count). The van der Waals surface area contributed by atoms with Crippen molar-refractivity contribution in [3.63, 3.8) is 0 Å². The second-order valence-corrected chi connectivity index (χ2v) is 6.55. The molecule has 0 heterocycles. The van der Waals surface area contributed by atoms with Crippen LogP contribution in [-0.2, 0) is 20.8 Å². The SMILES string of the molecule is Cc1ccc(CCC(=O)NCC(=O)NCCC(C)(C)C(=O)O)cc1. The van der Waals surface area contributed by atoms with Gasteiger partial charge in [0.25, 0.3) is 0 Å². The van der Waals surface area contributed by atoms with Crippen molar-refractivity contribution >= 4 is 17.8 Å². The summed E-state index contributed by atoms with van der Waals surface area (Å²) >= 11 is 0. The van der Waals surface area contributed by atoms with Gasteiger partial charge in [-0.15, -0.1) is 0 Å². The molecule has 0 spiro atoms. The summed E-state index contributed by atoms with van der Waals surface area (Å²) in [5, 5.41) is 14.2. The van der Waals surface area contributed by atoms with Crippen LogP contribution >= 0.6 is 0 Å². The first-order chi connectivity index (χ1) is 11.2. The number of carboxylic acid groups (broad SMARTS) is 1. The molecule has 24 heavy (non-hydrogen) atoms. The maximum Gasteiger partial charge on any atom is 0.309 e. The van der Waals surface area contributed by atoms with Gasteiger partial charge in [0, 0.05) is 13.0 Å². The lowest BCUT2D eigenvalue weighted by atomic mass is 9.90. The van der Waals surface area contributed by atoms with Crippen LogP contribution in [0.4, 0.5) is 0 Å². The van der Waals surface area contributed by atoms with Crippen molar-refractivity contribution in [1.82, 2.24) is 10.6 Å². The van der Waals surface area contributed by atoms with Gasteiger partial charge in [0.05, 0.1) is 12.0 Å². The van der Waals surface area contributed by atoms with Crippen molar-refractivity contribution in [2.75, 3.05) is 13.1 Å². The summed E-state index contributed by atoms with van der Waals surface area (Å²) in [5.41, 5.74) is 1.37. The summed E-state index contributed by atoms with van der Waals surface area (Å²) in [6.07, 6.45) is 1.28. The van der Waals surface area contributed by atoms with Gasteiger partial charge in [-0.25, -0.2) is 0 Å². The Morgan fingerprint density at radius 1 is 1.04 bits per heavy atom. The Kier molecular flexibility index (Phi) is 7.42. The van der Waals surface area contributed by atoms with Crippen molar-refractivity contribution in [2.45, 2.75) is 40.0 Å². The van der Waals surface area contributed by atoms with Gasteiger partial charge in [-0.3, -0.25) is 14.4 Å². The quantitative estimate of drug-likeness (QED) is 0.640. The van der Waals surface area contributed by atoms with Crippen molar-refractivity contribution in [3.8, 4) is 0 Å². The highest BCUT2D eigenvalue weighted by Crippen LogP contribution is 2.19. The Morgan fingerprint density at radius 3 is 2.25 bits per heavy atom. The smallest absolute Gasteiger partial charge is 0.309 e. The van der Waals surface area contributed by atoms with E-state index < -0.39 is 11.4 Å².